The lowest BCUT2D eigenvalue weighted by Gasteiger charge is -2.31. The molecule has 42 heavy (non-hydrogen) atoms. The van der Waals surface area contributed by atoms with Crippen LogP contribution in [0.2, 0.25) is 0 Å². The molecule has 0 heterocycles. The van der Waals surface area contributed by atoms with Gasteiger partial charge < -0.3 is 0 Å². The Bertz CT molecular complexity index is 1420. The Hall–Kier alpha value is -3.78. The Kier molecular flexibility index (Phi) is 12.7. The van der Waals surface area contributed by atoms with Crippen molar-refractivity contribution in [1.29, 1.82) is 0 Å². The zero-order valence-electron chi connectivity index (χ0n) is 27.5. The van der Waals surface area contributed by atoms with Gasteiger partial charge in [-0.25, -0.2) is 0 Å². The molecule has 2 nitrogen and oxygen atoms in total. The van der Waals surface area contributed by atoms with Gasteiger partial charge in [0.25, 0.3) is 0 Å². The van der Waals surface area contributed by atoms with E-state index < -0.39 is 10.8 Å². The van der Waals surface area contributed by atoms with E-state index in [2.05, 4.69) is 114 Å². The predicted octanol–water partition coefficient (Wildman–Crippen LogP) is 10.7. The molecule has 0 unspecified atom stereocenters. The first kappa shape index (κ1) is 34.4. The fourth-order valence-corrected chi connectivity index (χ4v) is 5.02. The van der Waals surface area contributed by atoms with Gasteiger partial charge >= 0.3 is 0 Å². The number of carbonyl (C=O) groups excluding carboxylic acids is 2. The average molecular weight is 563 g/mol. The lowest BCUT2D eigenvalue weighted by atomic mass is 9.71. The van der Waals surface area contributed by atoms with Gasteiger partial charge in [-0.2, -0.15) is 0 Å². The molecule has 0 radical (unpaired) electrons. The van der Waals surface area contributed by atoms with Gasteiger partial charge in [0.05, 0.1) is 5.41 Å². The third-order valence-corrected chi connectivity index (χ3v) is 8.05. The highest BCUT2D eigenvalue weighted by molar-refractivity contribution is 5.99. The number of allylic oxidation sites excluding steroid dienone is 24. The van der Waals surface area contributed by atoms with Crippen LogP contribution in [0.25, 0.3) is 0 Å². The molecular weight excluding hydrogens is 512 g/mol. The van der Waals surface area contributed by atoms with Crippen molar-refractivity contribution in [3.8, 4) is 0 Å². The summed E-state index contributed by atoms with van der Waals surface area (Å²) in [5.74, 6) is 0.469. The van der Waals surface area contributed by atoms with Crippen molar-refractivity contribution in [3.05, 3.63) is 142 Å². The van der Waals surface area contributed by atoms with E-state index in [1.807, 2.05) is 45.9 Å². The summed E-state index contributed by atoms with van der Waals surface area (Å²) in [6, 6.07) is 0. The van der Waals surface area contributed by atoms with Crippen LogP contribution in [0, 0.1) is 10.8 Å². The minimum Gasteiger partial charge on any atom is -0.299 e. The van der Waals surface area contributed by atoms with Gasteiger partial charge in [-0.15, -0.1) is 0 Å². The van der Waals surface area contributed by atoms with Crippen molar-refractivity contribution < 1.29 is 9.59 Å². The lowest BCUT2D eigenvalue weighted by Crippen LogP contribution is -2.30. The molecule has 0 amide bonds. The number of hydrogen-bond acceptors (Lipinski definition) is 2. The molecule has 2 aliphatic rings. The molecule has 0 bridgehead atoms. The van der Waals surface area contributed by atoms with Gasteiger partial charge in [0.1, 0.15) is 5.78 Å². The predicted molar refractivity (Wildman–Crippen MR) is 182 cm³/mol. The summed E-state index contributed by atoms with van der Waals surface area (Å²) in [4.78, 5) is 24.6. The maximum Gasteiger partial charge on any atom is 0.165 e. The standard InChI is InChI=1S/C40H50O2/c1-29(17-13-19-31(3)21-25-35-33(5)23-27-37(41)39(35,7)8)15-11-12-16-30(2)18-14-20-32(4)22-26-36-34(6)24-28-38(42)40(36,9)10/h11-23,25-27H,24,28H2,1-10H3. The number of carbonyl (C=O) groups is 2. The molecule has 2 aliphatic carbocycles. The summed E-state index contributed by atoms with van der Waals surface area (Å²) in [6.07, 6.45) is 34.2. The van der Waals surface area contributed by atoms with Gasteiger partial charge in [0.2, 0.25) is 0 Å². The summed E-state index contributed by atoms with van der Waals surface area (Å²) < 4.78 is 0. The monoisotopic (exact) mass is 562 g/mol. The second-order valence-corrected chi connectivity index (χ2v) is 12.6. The Morgan fingerprint density at radius 1 is 0.595 bits per heavy atom. The highest BCUT2D eigenvalue weighted by atomic mass is 16.1. The molecule has 0 N–H and O–H groups in total. The van der Waals surface area contributed by atoms with E-state index in [-0.39, 0.29) is 5.78 Å². The van der Waals surface area contributed by atoms with Gasteiger partial charge in [0.15, 0.2) is 5.78 Å². The van der Waals surface area contributed by atoms with Crippen LogP contribution in [0.3, 0.4) is 0 Å². The van der Waals surface area contributed by atoms with Crippen LogP contribution in [0.1, 0.15) is 82.1 Å². The lowest BCUT2D eigenvalue weighted by molar-refractivity contribution is -0.125. The minimum absolute atomic E-state index is 0.145. The Balaban J connectivity index is 1.92. The normalized spacial score (nSPS) is 21.2. The quantitative estimate of drug-likeness (QED) is 0.248. The van der Waals surface area contributed by atoms with Gasteiger partial charge in [-0.3, -0.25) is 9.59 Å². The number of rotatable bonds is 10. The molecule has 0 aromatic heterocycles. The van der Waals surface area contributed by atoms with Crippen LogP contribution in [-0.4, -0.2) is 11.6 Å². The van der Waals surface area contributed by atoms with E-state index in [0.717, 1.165) is 45.4 Å². The first-order valence-electron chi connectivity index (χ1n) is 14.9. The fraction of sp³-hybridized carbons (Fsp3) is 0.350. The fourth-order valence-electron chi connectivity index (χ4n) is 5.02. The van der Waals surface area contributed by atoms with E-state index in [1.54, 1.807) is 6.08 Å². The molecule has 2 heteroatoms. The summed E-state index contributed by atoms with van der Waals surface area (Å²) >= 11 is 0. The van der Waals surface area contributed by atoms with Crippen LogP contribution in [-0.2, 0) is 9.59 Å². The van der Waals surface area contributed by atoms with E-state index in [0.29, 0.717) is 12.2 Å². The molecule has 0 aromatic rings. The van der Waals surface area contributed by atoms with Crippen molar-refractivity contribution in [2.45, 2.75) is 82.1 Å². The van der Waals surface area contributed by atoms with Crippen LogP contribution in [0.15, 0.2) is 142 Å². The van der Waals surface area contributed by atoms with Gasteiger partial charge in [-0.05, 0) is 98.5 Å². The molecule has 0 aromatic carbocycles. The smallest absolute Gasteiger partial charge is 0.165 e. The molecule has 0 fully saturated rings. The van der Waals surface area contributed by atoms with E-state index >= 15 is 0 Å². The second-order valence-electron chi connectivity index (χ2n) is 12.6. The zero-order valence-corrected chi connectivity index (χ0v) is 27.5. The summed E-state index contributed by atoms with van der Waals surface area (Å²) in [6.45, 7) is 20.5. The van der Waals surface area contributed by atoms with Crippen molar-refractivity contribution in [3.63, 3.8) is 0 Å². The zero-order chi connectivity index (χ0) is 31.5. The van der Waals surface area contributed by atoms with Crippen molar-refractivity contribution in [2.24, 2.45) is 10.8 Å². The first-order chi connectivity index (χ1) is 19.7. The van der Waals surface area contributed by atoms with E-state index in [1.165, 1.54) is 5.57 Å². The van der Waals surface area contributed by atoms with Crippen LogP contribution < -0.4 is 0 Å². The topological polar surface area (TPSA) is 34.1 Å². The molecule has 0 atom stereocenters. The molecule has 222 valence electrons. The molecule has 0 saturated heterocycles. The first-order valence-corrected chi connectivity index (χ1v) is 14.9. The second kappa shape index (κ2) is 15.4. The highest BCUT2D eigenvalue weighted by Crippen LogP contribution is 2.38. The molecule has 2 rings (SSSR count). The number of Topliss-reactive ketones (excluding diaryl/α,β-unsaturated/α-hetero) is 1. The van der Waals surface area contributed by atoms with E-state index in [4.69, 9.17) is 0 Å². The van der Waals surface area contributed by atoms with Crippen LogP contribution in [0.5, 0.6) is 0 Å². The van der Waals surface area contributed by atoms with Gasteiger partial charge in [-0.1, -0.05) is 119 Å². The van der Waals surface area contributed by atoms with Crippen molar-refractivity contribution in [1.82, 2.24) is 0 Å². The SMILES string of the molecule is CC(C=CC=C(C)C=CC1=C(C)C=CC(=O)C1(C)C)=CC=CC=C(C)C=CC=C(C)C=CC1=C(C)CCC(=O)C1(C)C. The Morgan fingerprint density at radius 3 is 1.57 bits per heavy atom. The van der Waals surface area contributed by atoms with Crippen LogP contribution in [0.4, 0.5) is 0 Å². The molecule has 0 spiro atoms. The minimum atomic E-state index is -0.487. The van der Waals surface area contributed by atoms with Gasteiger partial charge in [0, 0.05) is 11.8 Å². The van der Waals surface area contributed by atoms with E-state index in [9.17, 15) is 9.59 Å². The maximum absolute atomic E-state index is 12.4. The Morgan fingerprint density at radius 2 is 1.05 bits per heavy atom. The third kappa shape index (κ3) is 9.94. The molecular formula is C40H50O2. The number of ketones is 2. The Labute approximate surface area is 255 Å². The summed E-state index contributed by atoms with van der Waals surface area (Å²) in [5.41, 5.74) is 8.36. The largest absolute Gasteiger partial charge is 0.299 e. The third-order valence-electron chi connectivity index (χ3n) is 8.05. The average Bonchev–Trinajstić information content (AvgIpc) is 2.91. The van der Waals surface area contributed by atoms with Crippen molar-refractivity contribution in [2.75, 3.05) is 0 Å². The molecule has 0 saturated carbocycles. The van der Waals surface area contributed by atoms with Crippen LogP contribution >= 0.6 is 0 Å². The summed E-state index contributed by atoms with van der Waals surface area (Å²) in [5, 5.41) is 0. The maximum atomic E-state index is 12.4. The molecule has 0 aliphatic heterocycles. The van der Waals surface area contributed by atoms with Crippen molar-refractivity contribution >= 4 is 11.6 Å². The summed E-state index contributed by atoms with van der Waals surface area (Å²) in [7, 11) is 0. The highest BCUT2D eigenvalue weighted by Gasteiger charge is 2.34. The number of hydrogen-bond donors (Lipinski definition) is 0.